The number of fused-ring (bicyclic) bond motifs is 3. The average Bonchev–Trinajstić information content (AvgIpc) is 3.18. The molecule has 1 heterocycles. The number of nitrogens with zero attached hydrogens (tertiary/aromatic N) is 1. The molecule has 0 bridgehead atoms. The van der Waals surface area contributed by atoms with Crippen LogP contribution in [0.25, 0.3) is 32.9 Å². The number of aromatic nitrogens is 1. The Morgan fingerprint density at radius 1 is 0.844 bits per heavy atom. The summed E-state index contributed by atoms with van der Waals surface area (Å²) in [4.78, 5) is 11.7. The first-order chi connectivity index (χ1) is 15.6. The average molecular weight is 440 g/mol. The molecule has 0 saturated carbocycles. The third-order valence-corrected chi connectivity index (χ3v) is 6.30. The van der Waals surface area contributed by atoms with Crippen LogP contribution in [-0.2, 0) is 11.3 Å². The van der Waals surface area contributed by atoms with Gasteiger partial charge in [-0.2, -0.15) is 0 Å². The summed E-state index contributed by atoms with van der Waals surface area (Å²) >= 11 is 6.08. The summed E-state index contributed by atoms with van der Waals surface area (Å²) in [6, 6.07) is 32.7. The van der Waals surface area contributed by atoms with Crippen LogP contribution in [0.15, 0.2) is 97.1 Å². The molecule has 32 heavy (non-hydrogen) atoms. The molecular weight excluding hydrogens is 418 g/mol. The molecule has 1 aromatic heterocycles. The summed E-state index contributed by atoms with van der Waals surface area (Å²) in [5.74, 6) is -0.998. The topological polar surface area (TPSA) is 42.2 Å². The van der Waals surface area contributed by atoms with Crippen molar-refractivity contribution in [1.29, 1.82) is 0 Å². The lowest BCUT2D eigenvalue weighted by molar-refractivity contribution is -0.137. The fourth-order valence-corrected chi connectivity index (χ4v) is 4.64. The first-order valence-corrected chi connectivity index (χ1v) is 11.0. The summed E-state index contributed by atoms with van der Waals surface area (Å²) in [7, 11) is 0. The smallest absolute Gasteiger partial charge is 0.304 e. The van der Waals surface area contributed by atoms with Crippen molar-refractivity contribution in [3.05, 3.63) is 108 Å². The van der Waals surface area contributed by atoms with Crippen LogP contribution >= 0.6 is 11.6 Å². The maximum absolute atomic E-state index is 11.7. The highest BCUT2D eigenvalue weighted by atomic mass is 35.5. The molecule has 0 amide bonds. The summed E-state index contributed by atoms with van der Waals surface area (Å²) in [6.45, 7) is 0.556. The van der Waals surface area contributed by atoms with E-state index >= 15 is 0 Å². The van der Waals surface area contributed by atoms with E-state index in [0.717, 1.165) is 22.3 Å². The van der Waals surface area contributed by atoms with Crippen LogP contribution in [0.2, 0.25) is 5.02 Å². The molecule has 4 heteroatoms. The second kappa shape index (κ2) is 8.52. The number of hydrogen-bond donors (Lipinski definition) is 1. The van der Waals surface area contributed by atoms with Gasteiger partial charge in [0.05, 0.1) is 6.42 Å². The maximum atomic E-state index is 11.7. The van der Waals surface area contributed by atoms with Gasteiger partial charge in [0, 0.05) is 34.1 Å². The number of carboxylic acids is 1. The third-order valence-electron chi connectivity index (χ3n) is 6.05. The second-order valence-corrected chi connectivity index (χ2v) is 8.51. The van der Waals surface area contributed by atoms with E-state index < -0.39 is 5.97 Å². The molecule has 0 aliphatic rings. The lowest BCUT2D eigenvalue weighted by Crippen LogP contribution is -2.14. The second-order valence-electron chi connectivity index (χ2n) is 8.07. The van der Waals surface area contributed by atoms with Crippen LogP contribution in [0, 0.1) is 0 Å². The molecule has 3 nitrogen and oxygen atoms in total. The number of carboxylic acid groups (broad SMARTS) is 1. The number of rotatable bonds is 6. The van der Waals surface area contributed by atoms with Gasteiger partial charge in [0.15, 0.2) is 0 Å². The highest BCUT2D eigenvalue weighted by Gasteiger charge is 2.20. The first-order valence-electron chi connectivity index (χ1n) is 10.6. The molecule has 0 aliphatic carbocycles. The molecular formula is C28H22ClNO2. The quantitative estimate of drug-likeness (QED) is 0.300. The summed E-state index contributed by atoms with van der Waals surface area (Å²) in [6.07, 6.45) is 0.0448. The Labute approximate surface area is 191 Å². The Kier molecular flexibility index (Phi) is 5.42. The van der Waals surface area contributed by atoms with Crippen LogP contribution < -0.4 is 0 Å². The predicted octanol–water partition coefficient (Wildman–Crippen LogP) is 7.37. The van der Waals surface area contributed by atoms with Gasteiger partial charge < -0.3 is 9.67 Å². The highest BCUT2D eigenvalue weighted by molar-refractivity contribution is 6.30. The zero-order valence-corrected chi connectivity index (χ0v) is 18.2. The minimum absolute atomic E-state index is 0.0448. The minimum atomic E-state index is -0.812. The normalized spacial score (nSPS) is 12.3. The van der Waals surface area contributed by atoms with E-state index in [4.69, 9.17) is 11.6 Å². The van der Waals surface area contributed by atoms with Gasteiger partial charge in [-0.05, 0) is 46.2 Å². The van der Waals surface area contributed by atoms with E-state index in [1.165, 1.54) is 16.2 Å². The fourth-order valence-electron chi connectivity index (χ4n) is 4.51. The largest absolute Gasteiger partial charge is 0.481 e. The van der Waals surface area contributed by atoms with Crippen LogP contribution in [0.3, 0.4) is 0 Å². The van der Waals surface area contributed by atoms with Gasteiger partial charge in [-0.3, -0.25) is 4.79 Å². The van der Waals surface area contributed by atoms with Gasteiger partial charge in [0.1, 0.15) is 0 Å². The van der Waals surface area contributed by atoms with Crippen molar-refractivity contribution in [2.75, 3.05) is 0 Å². The SMILES string of the molecule is O=C(O)CC(Cn1c(-c2ccccc2)cc2c3ccccc3ccc21)c1ccc(Cl)cc1. The van der Waals surface area contributed by atoms with Crippen LogP contribution in [0.4, 0.5) is 0 Å². The lowest BCUT2D eigenvalue weighted by atomic mass is 9.95. The molecule has 0 fully saturated rings. The number of carbonyl (C=O) groups is 1. The highest BCUT2D eigenvalue weighted by Crippen LogP contribution is 2.35. The molecule has 0 aliphatic heterocycles. The number of hydrogen-bond acceptors (Lipinski definition) is 1. The molecule has 158 valence electrons. The van der Waals surface area contributed by atoms with Crippen LogP contribution in [0.5, 0.6) is 0 Å². The number of benzene rings is 4. The molecule has 5 rings (SSSR count). The zero-order valence-electron chi connectivity index (χ0n) is 17.4. The summed E-state index contributed by atoms with van der Waals surface area (Å²) in [5.41, 5.74) is 4.27. The van der Waals surface area contributed by atoms with Crippen molar-refractivity contribution < 1.29 is 9.90 Å². The Hall–Kier alpha value is -3.56. The zero-order chi connectivity index (χ0) is 22.1. The van der Waals surface area contributed by atoms with Crippen molar-refractivity contribution in [3.8, 4) is 11.3 Å². The number of aliphatic carboxylic acids is 1. The van der Waals surface area contributed by atoms with E-state index in [0.29, 0.717) is 11.6 Å². The summed E-state index contributed by atoms with van der Waals surface area (Å²) < 4.78 is 2.26. The van der Waals surface area contributed by atoms with Gasteiger partial charge in [-0.1, -0.05) is 84.4 Å². The van der Waals surface area contributed by atoms with Crippen molar-refractivity contribution in [2.24, 2.45) is 0 Å². The van der Waals surface area contributed by atoms with Crippen molar-refractivity contribution in [1.82, 2.24) is 4.57 Å². The third kappa shape index (κ3) is 3.88. The van der Waals surface area contributed by atoms with Gasteiger partial charge in [0.25, 0.3) is 0 Å². The molecule has 5 aromatic rings. The fraction of sp³-hybridized carbons (Fsp3) is 0.107. The molecule has 0 saturated heterocycles. The van der Waals surface area contributed by atoms with E-state index in [-0.39, 0.29) is 12.3 Å². The van der Waals surface area contributed by atoms with E-state index in [1.54, 1.807) is 0 Å². The number of halogens is 1. The Morgan fingerprint density at radius 3 is 2.31 bits per heavy atom. The molecule has 0 spiro atoms. The standard InChI is InChI=1S/C28H22ClNO2/c29-23-13-10-19(11-14-23)22(16-28(31)32)18-30-26-15-12-20-6-4-5-9-24(20)25(26)17-27(30)21-7-2-1-3-8-21/h1-15,17,22H,16,18H2,(H,31,32). The predicted molar refractivity (Wildman–Crippen MR) is 131 cm³/mol. The van der Waals surface area contributed by atoms with Gasteiger partial charge >= 0.3 is 5.97 Å². The molecule has 1 atom stereocenters. The van der Waals surface area contributed by atoms with Gasteiger partial charge in [-0.25, -0.2) is 0 Å². The maximum Gasteiger partial charge on any atom is 0.304 e. The molecule has 1 N–H and O–H groups in total. The molecule has 1 unspecified atom stereocenters. The van der Waals surface area contributed by atoms with E-state index in [1.807, 2.05) is 48.5 Å². The van der Waals surface area contributed by atoms with E-state index in [2.05, 4.69) is 53.1 Å². The monoisotopic (exact) mass is 439 g/mol. The Bertz CT molecular complexity index is 1400. The van der Waals surface area contributed by atoms with Crippen molar-refractivity contribution in [3.63, 3.8) is 0 Å². The van der Waals surface area contributed by atoms with Gasteiger partial charge in [-0.15, -0.1) is 0 Å². The lowest BCUT2D eigenvalue weighted by Gasteiger charge is -2.20. The molecule has 4 aromatic carbocycles. The van der Waals surface area contributed by atoms with Crippen LogP contribution in [-0.4, -0.2) is 15.6 Å². The van der Waals surface area contributed by atoms with Crippen molar-refractivity contribution >= 4 is 39.2 Å². The van der Waals surface area contributed by atoms with Crippen LogP contribution in [0.1, 0.15) is 17.9 Å². The summed E-state index contributed by atoms with van der Waals surface area (Å²) in [5, 5.41) is 13.8. The minimum Gasteiger partial charge on any atom is -0.481 e. The van der Waals surface area contributed by atoms with Gasteiger partial charge in [0.2, 0.25) is 0 Å². The van der Waals surface area contributed by atoms with Crippen molar-refractivity contribution in [2.45, 2.75) is 18.9 Å². The Balaban J connectivity index is 1.71. The Morgan fingerprint density at radius 2 is 1.56 bits per heavy atom. The van der Waals surface area contributed by atoms with E-state index in [9.17, 15) is 9.90 Å². The first kappa shape index (κ1) is 20.3. The molecule has 0 radical (unpaired) electrons.